The summed E-state index contributed by atoms with van der Waals surface area (Å²) < 4.78 is 32.8. The van der Waals surface area contributed by atoms with E-state index in [2.05, 4.69) is 0 Å². The molecule has 0 unspecified atom stereocenters. The van der Waals surface area contributed by atoms with Crippen LogP contribution in [-0.2, 0) is 9.84 Å². The third-order valence-corrected chi connectivity index (χ3v) is 3.18. The standard InChI is InChI=1S/C9H8O5S/c1-15(11,12)9-3-8-7(13-5-14-8)2-6(9)4-10/h2-4H,5H2,1H3. The highest BCUT2D eigenvalue weighted by molar-refractivity contribution is 7.90. The first-order valence-corrected chi connectivity index (χ1v) is 6.00. The highest BCUT2D eigenvalue weighted by Gasteiger charge is 2.21. The smallest absolute Gasteiger partial charge is 0.231 e. The van der Waals surface area contributed by atoms with Crippen LogP contribution in [0.1, 0.15) is 10.4 Å². The van der Waals surface area contributed by atoms with Crippen molar-refractivity contribution in [2.24, 2.45) is 0 Å². The molecule has 1 aromatic carbocycles. The molecule has 5 nitrogen and oxygen atoms in total. The summed E-state index contributed by atoms with van der Waals surface area (Å²) >= 11 is 0. The molecular weight excluding hydrogens is 220 g/mol. The van der Waals surface area contributed by atoms with E-state index in [9.17, 15) is 13.2 Å². The third kappa shape index (κ3) is 1.68. The van der Waals surface area contributed by atoms with Gasteiger partial charge in [-0.15, -0.1) is 0 Å². The van der Waals surface area contributed by atoms with Gasteiger partial charge in [0, 0.05) is 17.9 Å². The van der Waals surface area contributed by atoms with Crippen LogP contribution in [0.2, 0.25) is 0 Å². The Morgan fingerprint density at radius 3 is 2.40 bits per heavy atom. The molecule has 0 spiro atoms. The van der Waals surface area contributed by atoms with Crippen molar-refractivity contribution in [3.05, 3.63) is 17.7 Å². The predicted octanol–water partition coefficient (Wildman–Crippen LogP) is 0.631. The zero-order valence-electron chi connectivity index (χ0n) is 7.89. The lowest BCUT2D eigenvalue weighted by molar-refractivity contribution is 0.112. The Labute approximate surface area is 86.5 Å². The summed E-state index contributed by atoms with van der Waals surface area (Å²) in [7, 11) is -3.43. The van der Waals surface area contributed by atoms with E-state index in [0.29, 0.717) is 17.8 Å². The molecule has 0 bridgehead atoms. The lowest BCUT2D eigenvalue weighted by Crippen LogP contribution is -2.01. The van der Waals surface area contributed by atoms with Crippen LogP contribution in [0.15, 0.2) is 17.0 Å². The fraction of sp³-hybridized carbons (Fsp3) is 0.222. The van der Waals surface area contributed by atoms with Crippen molar-refractivity contribution in [2.45, 2.75) is 4.90 Å². The molecule has 0 saturated carbocycles. The highest BCUT2D eigenvalue weighted by Crippen LogP contribution is 2.35. The number of rotatable bonds is 2. The molecule has 0 aromatic heterocycles. The maximum absolute atomic E-state index is 11.4. The zero-order chi connectivity index (χ0) is 11.1. The molecular formula is C9H8O5S. The van der Waals surface area contributed by atoms with Gasteiger partial charge >= 0.3 is 0 Å². The van der Waals surface area contributed by atoms with Crippen molar-refractivity contribution in [1.82, 2.24) is 0 Å². The van der Waals surface area contributed by atoms with Gasteiger partial charge in [-0.25, -0.2) is 8.42 Å². The number of hydrogen-bond acceptors (Lipinski definition) is 5. The predicted molar refractivity (Wildman–Crippen MR) is 51.1 cm³/mol. The van der Waals surface area contributed by atoms with Crippen LogP contribution in [0.4, 0.5) is 0 Å². The fourth-order valence-electron chi connectivity index (χ4n) is 1.35. The van der Waals surface area contributed by atoms with Gasteiger partial charge in [-0.1, -0.05) is 0 Å². The summed E-state index contributed by atoms with van der Waals surface area (Å²) in [5.41, 5.74) is 0.0850. The molecule has 0 amide bonds. The zero-order valence-corrected chi connectivity index (χ0v) is 8.71. The lowest BCUT2D eigenvalue weighted by atomic mass is 10.2. The van der Waals surface area contributed by atoms with Crippen LogP contribution < -0.4 is 9.47 Å². The molecule has 0 radical (unpaired) electrons. The maximum Gasteiger partial charge on any atom is 0.231 e. The number of benzene rings is 1. The number of sulfone groups is 1. The summed E-state index contributed by atoms with van der Waals surface area (Å²) in [4.78, 5) is 10.7. The van der Waals surface area contributed by atoms with Crippen molar-refractivity contribution in [1.29, 1.82) is 0 Å². The van der Waals surface area contributed by atoms with E-state index in [0.717, 1.165) is 6.26 Å². The second-order valence-electron chi connectivity index (χ2n) is 3.13. The highest BCUT2D eigenvalue weighted by atomic mass is 32.2. The van der Waals surface area contributed by atoms with E-state index in [1.807, 2.05) is 0 Å². The van der Waals surface area contributed by atoms with Gasteiger partial charge < -0.3 is 9.47 Å². The Morgan fingerprint density at radius 1 is 1.27 bits per heavy atom. The molecule has 15 heavy (non-hydrogen) atoms. The molecule has 0 atom stereocenters. The summed E-state index contributed by atoms with van der Waals surface area (Å²) in [5.74, 6) is 0.741. The first kappa shape index (κ1) is 9.97. The van der Waals surface area contributed by atoms with Gasteiger partial charge in [-0.2, -0.15) is 0 Å². The monoisotopic (exact) mass is 228 g/mol. The van der Waals surface area contributed by atoms with Crippen molar-refractivity contribution in [2.75, 3.05) is 13.0 Å². The van der Waals surface area contributed by atoms with E-state index in [-0.39, 0.29) is 17.3 Å². The third-order valence-electron chi connectivity index (χ3n) is 2.03. The normalized spacial score (nSPS) is 13.9. The Balaban J connectivity index is 2.69. The molecule has 0 fully saturated rings. The number of carbonyl (C=O) groups is 1. The number of fused-ring (bicyclic) bond motifs is 1. The summed E-state index contributed by atoms with van der Waals surface area (Å²) in [6.45, 7) is 0.0425. The maximum atomic E-state index is 11.4. The number of aldehydes is 1. The second kappa shape index (κ2) is 3.23. The molecule has 1 aliphatic rings. The molecule has 2 rings (SSSR count). The Kier molecular flexibility index (Phi) is 2.15. The average molecular weight is 228 g/mol. The first-order valence-electron chi connectivity index (χ1n) is 4.11. The Hall–Kier alpha value is -1.56. The van der Waals surface area contributed by atoms with Crippen molar-refractivity contribution in [3.8, 4) is 11.5 Å². The van der Waals surface area contributed by atoms with Gasteiger partial charge in [0.05, 0.1) is 4.90 Å². The van der Waals surface area contributed by atoms with Crippen LogP contribution in [0.25, 0.3) is 0 Å². The molecule has 0 N–H and O–H groups in total. The quantitative estimate of drug-likeness (QED) is 0.694. The van der Waals surface area contributed by atoms with E-state index in [4.69, 9.17) is 9.47 Å². The Morgan fingerprint density at radius 2 is 1.87 bits per heavy atom. The van der Waals surface area contributed by atoms with Gasteiger partial charge in [0.1, 0.15) is 0 Å². The molecule has 1 heterocycles. The van der Waals surface area contributed by atoms with Gasteiger partial charge in [0.2, 0.25) is 6.79 Å². The van der Waals surface area contributed by atoms with Crippen LogP contribution in [-0.4, -0.2) is 27.8 Å². The van der Waals surface area contributed by atoms with Gasteiger partial charge in [0.25, 0.3) is 0 Å². The molecule has 0 saturated heterocycles. The minimum atomic E-state index is -3.43. The fourth-order valence-corrected chi connectivity index (χ4v) is 2.21. The molecule has 1 aromatic rings. The van der Waals surface area contributed by atoms with Gasteiger partial charge in [-0.3, -0.25) is 4.79 Å². The topological polar surface area (TPSA) is 69.7 Å². The minimum Gasteiger partial charge on any atom is -0.454 e. The number of ether oxygens (including phenoxy) is 2. The summed E-state index contributed by atoms with van der Waals surface area (Å²) in [5, 5.41) is 0. The molecule has 0 aliphatic carbocycles. The van der Waals surface area contributed by atoms with Crippen LogP contribution >= 0.6 is 0 Å². The number of hydrogen-bond donors (Lipinski definition) is 0. The first-order chi connectivity index (χ1) is 7.02. The molecule has 1 aliphatic heterocycles. The van der Waals surface area contributed by atoms with E-state index < -0.39 is 9.84 Å². The van der Waals surface area contributed by atoms with Crippen LogP contribution in [0.5, 0.6) is 11.5 Å². The van der Waals surface area contributed by atoms with Crippen molar-refractivity contribution in [3.63, 3.8) is 0 Å². The van der Waals surface area contributed by atoms with E-state index in [1.165, 1.54) is 12.1 Å². The molecule has 80 valence electrons. The molecule has 6 heteroatoms. The number of carbonyl (C=O) groups excluding carboxylic acids is 1. The summed E-state index contributed by atoms with van der Waals surface area (Å²) in [6, 6.07) is 2.67. The summed E-state index contributed by atoms with van der Waals surface area (Å²) in [6.07, 6.45) is 1.52. The Bertz CT molecular complexity index is 518. The van der Waals surface area contributed by atoms with Crippen LogP contribution in [0.3, 0.4) is 0 Å². The lowest BCUT2D eigenvalue weighted by Gasteiger charge is -2.03. The van der Waals surface area contributed by atoms with Gasteiger partial charge in [0.15, 0.2) is 27.6 Å². The minimum absolute atomic E-state index is 0.0400. The van der Waals surface area contributed by atoms with Crippen molar-refractivity contribution < 1.29 is 22.7 Å². The SMILES string of the molecule is CS(=O)(=O)c1cc2c(cc1C=O)OCO2. The van der Waals surface area contributed by atoms with Gasteiger partial charge in [-0.05, 0) is 6.07 Å². The van der Waals surface area contributed by atoms with E-state index in [1.54, 1.807) is 0 Å². The average Bonchev–Trinajstić information content (AvgIpc) is 2.60. The van der Waals surface area contributed by atoms with Crippen LogP contribution in [0, 0.1) is 0 Å². The van der Waals surface area contributed by atoms with Crippen molar-refractivity contribution >= 4 is 16.1 Å². The van der Waals surface area contributed by atoms with E-state index >= 15 is 0 Å². The second-order valence-corrected chi connectivity index (χ2v) is 5.12. The largest absolute Gasteiger partial charge is 0.454 e.